The Morgan fingerprint density at radius 1 is 1.44 bits per heavy atom. The van der Waals surface area contributed by atoms with Crippen LogP contribution in [0.3, 0.4) is 0 Å². The van der Waals surface area contributed by atoms with Crippen LogP contribution in [0.2, 0.25) is 0 Å². The maximum atomic E-state index is 10.3. The summed E-state index contributed by atoms with van der Waals surface area (Å²) in [4.78, 5) is 20.5. The van der Waals surface area contributed by atoms with E-state index in [9.17, 15) is 9.59 Å². The van der Waals surface area contributed by atoms with E-state index in [2.05, 4.69) is 26.8 Å². The van der Waals surface area contributed by atoms with Gasteiger partial charge in [-0.1, -0.05) is 15.9 Å². The molecule has 9 heavy (non-hydrogen) atoms. The predicted molar refractivity (Wildman–Crippen MR) is 35.8 cm³/mol. The first-order chi connectivity index (χ1) is 4.16. The summed E-state index contributed by atoms with van der Waals surface area (Å²) in [6.45, 7) is 1.31. The molecule has 5 heteroatoms. The number of amides is 2. The van der Waals surface area contributed by atoms with Gasteiger partial charge in [0.25, 0.3) is 0 Å². The van der Waals surface area contributed by atoms with E-state index in [1.165, 1.54) is 6.92 Å². The van der Waals surface area contributed by atoms with Crippen LogP contribution in [-0.2, 0) is 9.59 Å². The van der Waals surface area contributed by atoms with E-state index in [-0.39, 0.29) is 17.1 Å². The number of halogens is 1. The predicted octanol–water partition coefficient (Wildman–Crippen LogP) is -0.451. The first-order valence-electron chi connectivity index (χ1n) is 2.28. The van der Waals surface area contributed by atoms with E-state index in [0.717, 1.165) is 0 Å². The summed E-state index contributed by atoms with van der Waals surface area (Å²) in [5, 5.41) is 0.188. The van der Waals surface area contributed by atoms with Crippen LogP contribution in [-0.4, -0.2) is 17.1 Å². The zero-order valence-electron chi connectivity index (χ0n) is 4.90. The second-order valence-corrected chi connectivity index (χ2v) is 1.92. The number of alkyl halides is 1. The monoisotopic (exact) mass is 194 g/mol. The summed E-state index contributed by atoms with van der Waals surface area (Å²) < 4.78 is 0. The van der Waals surface area contributed by atoms with Crippen molar-refractivity contribution in [3.8, 4) is 0 Å². The minimum absolute atomic E-state index is 0.188. The third-order valence-corrected chi connectivity index (χ3v) is 1.01. The van der Waals surface area contributed by atoms with Crippen molar-refractivity contribution in [2.45, 2.75) is 6.92 Å². The van der Waals surface area contributed by atoms with Gasteiger partial charge in [0.2, 0.25) is 11.8 Å². The Bertz CT molecular complexity index is 126. The van der Waals surface area contributed by atoms with Crippen molar-refractivity contribution in [1.82, 2.24) is 10.9 Å². The molecule has 0 aromatic carbocycles. The highest BCUT2D eigenvalue weighted by molar-refractivity contribution is 9.09. The van der Waals surface area contributed by atoms with Crippen LogP contribution in [0.25, 0.3) is 0 Å². The highest BCUT2D eigenvalue weighted by atomic mass is 79.9. The fourth-order valence-corrected chi connectivity index (χ4v) is 0.331. The standard InChI is InChI=1S/C4H7BrN2O2/c1-3(8)6-7-4(9)2-5/h2H2,1H3,(H,6,8)(H,7,9). The molecule has 4 nitrogen and oxygen atoms in total. The fraction of sp³-hybridized carbons (Fsp3) is 0.500. The van der Waals surface area contributed by atoms with E-state index < -0.39 is 0 Å². The van der Waals surface area contributed by atoms with Gasteiger partial charge in [0.1, 0.15) is 0 Å². The molecule has 0 saturated carbocycles. The molecule has 2 amide bonds. The van der Waals surface area contributed by atoms with Gasteiger partial charge in [-0.3, -0.25) is 20.4 Å². The van der Waals surface area contributed by atoms with Crippen LogP contribution >= 0.6 is 15.9 Å². The van der Waals surface area contributed by atoms with Gasteiger partial charge in [-0.25, -0.2) is 0 Å². The largest absolute Gasteiger partial charge is 0.274 e. The van der Waals surface area contributed by atoms with Crippen molar-refractivity contribution in [3.63, 3.8) is 0 Å². The third-order valence-electron chi connectivity index (χ3n) is 0.499. The fourth-order valence-electron chi connectivity index (χ4n) is 0.191. The summed E-state index contributed by atoms with van der Waals surface area (Å²) in [5.74, 6) is -0.561. The lowest BCUT2D eigenvalue weighted by Crippen LogP contribution is -2.40. The first-order valence-corrected chi connectivity index (χ1v) is 3.40. The summed E-state index contributed by atoms with van der Waals surface area (Å²) >= 11 is 2.90. The Morgan fingerprint density at radius 2 is 2.00 bits per heavy atom. The zero-order chi connectivity index (χ0) is 7.28. The summed E-state index contributed by atoms with van der Waals surface area (Å²) in [7, 11) is 0. The lowest BCUT2D eigenvalue weighted by Gasteiger charge is -1.99. The molecule has 0 saturated heterocycles. The van der Waals surface area contributed by atoms with Gasteiger partial charge in [-0.2, -0.15) is 0 Å². The summed E-state index contributed by atoms with van der Waals surface area (Å²) in [6.07, 6.45) is 0. The van der Waals surface area contributed by atoms with E-state index >= 15 is 0 Å². The maximum absolute atomic E-state index is 10.3. The molecule has 0 bridgehead atoms. The van der Waals surface area contributed by atoms with Gasteiger partial charge in [0, 0.05) is 6.92 Å². The van der Waals surface area contributed by atoms with Gasteiger partial charge in [0.05, 0.1) is 5.33 Å². The minimum Gasteiger partial charge on any atom is -0.274 e. The molecule has 0 atom stereocenters. The van der Waals surface area contributed by atoms with Gasteiger partial charge in [-0.05, 0) is 0 Å². The number of carbonyl (C=O) groups excluding carboxylic acids is 2. The van der Waals surface area contributed by atoms with Crippen molar-refractivity contribution in [3.05, 3.63) is 0 Å². The molecular formula is C4H7BrN2O2. The Balaban J connectivity index is 3.28. The average molecular weight is 195 g/mol. The molecule has 0 radical (unpaired) electrons. The zero-order valence-corrected chi connectivity index (χ0v) is 6.49. The number of carbonyl (C=O) groups is 2. The highest BCUT2D eigenvalue weighted by Crippen LogP contribution is 1.75. The van der Waals surface area contributed by atoms with E-state index in [4.69, 9.17) is 0 Å². The molecule has 52 valence electrons. The van der Waals surface area contributed by atoms with E-state index in [1.54, 1.807) is 0 Å². The van der Waals surface area contributed by atoms with Crippen LogP contribution in [0.1, 0.15) is 6.92 Å². The number of hydrogen-bond donors (Lipinski definition) is 2. The number of nitrogens with one attached hydrogen (secondary N) is 2. The van der Waals surface area contributed by atoms with Crippen molar-refractivity contribution in [2.24, 2.45) is 0 Å². The molecule has 0 aromatic heterocycles. The maximum Gasteiger partial charge on any atom is 0.249 e. The molecule has 0 aliphatic heterocycles. The Hall–Kier alpha value is -0.580. The third kappa shape index (κ3) is 5.29. The first kappa shape index (κ1) is 8.42. The second kappa shape index (κ2) is 4.31. The molecule has 0 heterocycles. The normalized spacial score (nSPS) is 8.22. The second-order valence-electron chi connectivity index (χ2n) is 1.36. The SMILES string of the molecule is CC(=O)NNC(=O)CBr. The molecule has 0 aromatic rings. The van der Waals surface area contributed by atoms with Crippen LogP contribution in [0.15, 0.2) is 0 Å². The smallest absolute Gasteiger partial charge is 0.249 e. The van der Waals surface area contributed by atoms with Crippen LogP contribution < -0.4 is 10.9 Å². The highest BCUT2D eigenvalue weighted by Gasteiger charge is 1.95. The molecule has 0 rings (SSSR count). The van der Waals surface area contributed by atoms with Crippen LogP contribution in [0, 0.1) is 0 Å². The van der Waals surface area contributed by atoms with Crippen molar-refractivity contribution < 1.29 is 9.59 Å². The lowest BCUT2D eigenvalue weighted by molar-refractivity contribution is -0.126. The molecular weight excluding hydrogens is 188 g/mol. The van der Waals surface area contributed by atoms with Crippen molar-refractivity contribution >= 4 is 27.7 Å². The number of hydrogen-bond acceptors (Lipinski definition) is 2. The minimum atomic E-state index is -0.288. The Kier molecular flexibility index (Phi) is 4.04. The van der Waals surface area contributed by atoms with E-state index in [1.807, 2.05) is 0 Å². The molecule has 0 aliphatic rings. The Labute approximate surface area is 61.1 Å². The quantitative estimate of drug-likeness (QED) is 0.439. The molecule has 0 spiro atoms. The van der Waals surface area contributed by atoms with Gasteiger partial charge >= 0.3 is 0 Å². The average Bonchev–Trinajstić information content (AvgIpc) is 1.83. The lowest BCUT2D eigenvalue weighted by atomic mass is 10.7. The van der Waals surface area contributed by atoms with Gasteiger partial charge in [-0.15, -0.1) is 0 Å². The topological polar surface area (TPSA) is 58.2 Å². The number of rotatable bonds is 1. The van der Waals surface area contributed by atoms with Gasteiger partial charge < -0.3 is 0 Å². The Morgan fingerprint density at radius 3 is 2.33 bits per heavy atom. The molecule has 2 N–H and O–H groups in total. The van der Waals surface area contributed by atoms with Gasteiger partial charge in [0.15, 0.2) is 0 Å². The number of hydrazine groups is 1. The molecule has 0 fully saturated rings. The summed E-state index contributed by atoms with van der Waals surface area (Å²) in [6, 6.07) is 0. The van der Waals surface area contributed by atoms with Crippen molar-refractivity contribution in [1.29, 1.82) is 0 Å². The van der Waals surface area contributed by atoms with Crippen LogP contribution in [0.4, 0.5) is 0 Å². The van der Waals surface area contributed by atoms with E-state index in [0.29, 0.717) is 0 Å². The van der Waals surface area contributed by atoms with Crippen molar-refractivity contribution in [2.75, 3.05) is 5.33 Å². The molecule has 0 aliphatic carbocycles. The molecule has 0 unspecified atom stereocenters. The summed E-state index contributed by atoms with van der Waals surface area (Å²) in [5.41, 5.74) is 4.27. The van der Waals surface area contributed by atoms with Crippen LogP contribution in [0.5, 0.6) is 0 Å².